The number of nitrogens with zero attached hydrogens (tertiary/aromatic N) is 1. The summed E-state index contributed by atoms with van der Waals surface area (Å²) < 4.78 is 19.2. The Balaban J connectivity index is 1.66. The van der Waals surface area contributed by atoms with Crippen molar-refractivity contribution in [2.45, 2.75) is 38.6 Å². The molecule has 0 radical (unpaired) electrons. The van der Waals surface area contributed by atoms with Crippen molar-refractivity contribution in [3.8, 4) is 5.75 Å². The SMILES string of the molecule is COc1ccc(CN2CCC[C@](CO)(CC3CC3)C2)c(F)c1. The maximum Gasteiger partial charge on any atom is 0.131 e. The Bertz CT molecular complexity index is 518. The van der Waals surface area contributed by atoms with Crippen molar-refractivity contribution in [2.75, 3.05) is 26.8 Å². The van der Waals surface area contributed by atoms with E-state index in [-0.39, 0.29) is 17.8 Å². The molecule has 1 atom stereocenters. The Kier molecular flexibility index (Phi) is 4.69. The summed E-state index contributed by atoms with van der Waals surface area (Å²) in [5.74, 6) is 1.16. The average molecular weight is 307 g/mol. The number of hydrogen-bond acceptors (Lipinski definition) is 3. The maximum atomic E-state index is 14.1. The molecule has 0 unspecified atom stereocenters. The lowest BCUT2D eigenvalue weighted by molar-refractivity contribution is 0.0176. The molecule has 0 aromatic heterocycles. The minimum atomic E-state index is -0.207. The van der Waals surface area contributed by atoms with E-state index >= 15 is 0 Å². The Morgan fingerprint density at radius 1 is 1.41 bits per heavy atom. The maximum absolute atomic E-state index is 14.1. The number of aliphatic hydroxyl groups excluding tert-OH is 1. The van der Waals surface area contributed by atoms with Crippen molar-refractivity contribution in [1.82, 2.24) is 4.90 Å². The van der Waals surface area contributed by atoms with Gasteiger partial charge in [-0.15, -0.1) is 0 Å². The molecular formula is C18H26FNO2. The van der Waals surface area contributed by atoms with Crippen LogP contribution in [0.1, 0.15) is 37.7 Å². The number of likely N-dealkylation sites (tertiary alicyclic amines) is 1. The van der Waals surface area contributed by atoms with Crippen LogP contribution in [0.4, 0.5) is 4.39 Å². The summed E-state index contributed by atoms with van der Waals surface area (Å²) in [5, 5.41) is 9.91. The van der Waals surface area contributed by atoms with Gasteiger partial charge in [0.25, 0.3) is 0 Å². The van der Waals surface area contributed by atoms with Crippen LogP contribution in [0.3, 0.4) is 0 Å². The zero-order valence-corrected chi connectivity index (χ0v) is 13.4. The molecule has 1 aromatic rings. The second-order valence-corrected chi connectivity index (χ2v) is 7.08. The Hall–Kier alpha value is -1.13. The fourth-order valence-corrected chi connectivity index (χ4v) is 3.76. The van der Waals surface area contributed by atoms with Gasteiger partial charge in [0.15, 0.2) is 0 Å². The summed E-state index contributed by atoms with van der Waals surface area (Å²) >= 11 is 0. The second-order valence-electron chi connectivity index (χ2n) is 7.08. The van der Waals surface area contributed by atoms with Crippen LogP contribution < -0.4 is 4.74 Å². The molecule has 0 spiro atoms. The fraction of sp³-hybridized carbons (Fsp3) is 0.667. The molecule has 3 nitrogen and oxygen atoms in total. The van der Waals surface area contributed by atoms with Crippen LogP contribution >= 0.6 is 0 Å². The third-order valence-electron chi connectivity index (χ3n) is 5.15. The molecule has 0 bridgehead atoms. The minimum absolute atomic E-state index is 0.0301. The van der Waals surface area contributed by atoms with Gasteiger partial charge in [-0.3, -0.25) is 4.90 Å². The molecule has 1 aliphatic carbocycles. The van der Waals surface area contributed by atoms with E-state index in [1.165, 1.54) is 18.9 Å². The van der Waals surface area contributed by atoms with Crippen LogP contribution in [0.15, 0.2) is 18.2 Å². The second kappa shape index (κ2) is 6.55. The molecule has 122 valence electrons. The topological polar surface area (TPSA) is 32.7 Å². The first-order valence-electron chi connectivity index (χ1n) is 8.30. The lowest BCUT2D eigenvalue weighted by atomic mass is 9.76. The van der Waals surface area contributed by atoms with Crippen molar-refractivity contribution in [1.29, 1.82) is 0 Å². The van der Waals surface area contributed by atoms with Gasteiger partial charge < -0.3 is 9.84 Å². The van der Waals surface area contributed by atoms with E-state index in [2.05, 4.69) is 4.90 Å². The predicted octanol–water partition coefficient (Wildman–Crippen LogP) is 3.21. The van der Waals surface area contributed by atoms with Crippen LogP contribution in [-0.2, 0) is 6.54 Å². The van der Waals surface area contributed by atoms with Crippen molar-refractivity contribution in [2.24, 2.45) is 11.3 Å². The highest BCUT2D eigenvalue weighted by atomic mass is 19.1. The van der Waals surface area contributed by atoms with Gasteiger partial charge in [0, 0.05) is 36.7 Å². The summed E-state index contributed by atoms with van der Waals surface area (Å²) in [4.78, 5) is 2.30. The molecule has 1 saturated carbocycles. The molecule has 2 aliphatic rings. The number of methoxy groups -OCH3 is 1. The third-order valence-corrected chi connectivity index (χ3v) is 5.15. The largest absolute Gasteiger partial charge is 0.497 e. The van der Waals surface area contributed by atoms with Crippen LogP contribution in [0, 0.1) is 17.2 Å². The Morgan fingerprint density at radius 3 is 2.86 bits per heavy atom. The molecule has 2 fully saturated rings. The van der Waals surface area contributed by atoms with E-state index in [0.29, 0.717) is 17.9 Å². The minimum Gasteiger partial charge on any atom is -0.497 e. The van der Waals surface area contributed by atoms with Gasteiger partial charge in [-0.2, -0.15) is 0 Å². The van der Waals surface area contributed by atoms with E-state index in [9.17, 15) is 9.50 Å². The zero-order chi connectivity index (χ0) is 15.6. The van der Waals surface area contributed by atoms with Crippen LogP contribution in [0.5, 0.6) is 5.75 Å². The van der Waals surface area contributed by atoms with Crippen molar-refractivity contribution < 1.29 is 14.2 Å². The zero-order valence-electron chi connectivity index (χ0n) is 13.4. The summed E-state index contributed by atoms with van der Waals surface area (Å²) in [6, 6.07) is 5.07. The van der Waals surface area contributed by atoms with E-state index in [1.54, 1.807) is 7.11 Å². The highest BCUT2D eigenvalue weighted by Crippen LogP contribution is 2.44. The number of aliphatic hydroxyl groups is 1. The average Bonchev–Trinajstić information content (AvgIpc) is 3.33. The van der Waals surface area contributed by atoms with E-state index < -0.39 is 0 Å². The number of hydrogen-bond donors (Lipinski definition) is 1. The number of piperidine rings is 1. The van der Waals surface area contributed by atoms with Gasteiger partial charge in [-0.05, 0) is 37.8 Å². The molecular weight excluding hydrogens is 281 g/mol. The summed E-state index contributed by atoms with van der Waals surface area (Å²) in [6.45, 7) is 2.73. The molecule has 1 saturated heterocycles. The number of ether oxygens (including phenoxy) is 1. The fourth-order valence-electron chi connectivity index (χ4n) is 3.76. The summed E-state index contributed by atoms with van der Waals surface area (Å²) in [7, 11) is 1.55. The monoisotopic (exact) mass is 307 g/mol. The molecule has 22 heavy (non-hydrogen) atoms. The van der Waals surface area contributed by atoms with Gasteiger partial charge in [0.2, 0.25) is 0 Å². The highest BCUT2D eigenvalue weighted by molar-refractivity contribution is 5.28. The van der Waals surface area contributed by atoms with Crippen molar-refractivity contribution in [3.63, 3.8) is 0 Å². The summed E-state index contributed by atoms with van der Waals surface area (Å²) in [5.41, 5.74) is 0.739. The smallest absolute Gasteiger partial charge is 0.131 e. The lowest BCUT2D eigenvalue weighted by Crippen LogP contribution is -2.45. The van der Waals surface area contributed by atoms with Gasteiger partial charge in [0.05, 0.1) is 7.11 Å². The summed E-state index contributed by atoms with van der Waals surface area (Å²) in [6.07, 6.45) is 5.95. The number of benzene rings is 1. The molecule has 1 N–H and O–H groups in total. The molecule has 3 rings (SSSR count). The van der Waals surface area contributed by atoms with Crippen LogP contribution in [0.2, 0.25) is 0 Å². The first-order chi connectivity index (χ1) is 10.6. The standard InChI is InChI=1S/C18H26FNO2/c1-22-16-6-5-15(17(19)9-16)11-20-8-2-7-18(12-20,13-21)10-14-3-4-14/h5-6,9,14,21H,2-4,7-8,10-13H2,1H3/t18-/m0/s1. The molecule has 1 heterocycles. The van der Waals surface area contributed by atoms with E-state index in [4.69, 9.17) is 4.74 Å². The van der Waals surface area contributed by atoms with E-state index in [1.807, 2.05) is 12.1 Å². The first-order valence-corrected chi connectivity index (χ1v) is 8.30. The third kappa shape index (κ3) is 3.61. The highest BCUT2D eigenvalue weighted by Gasteiger charge is 2.39. The number of halogens is 1. The van der Waals surface area contributed by atoms with Crippen molar-refractivity contribution >= 4 is 0 Å². The van der Waals surface area contributed by atoms with Gasteiger partial charge in [0.1, 0.15) is 11.6 Å². The Labute approximate surface area is 132 Å². The normalized spacial score (nSPS) is 26.1. The van der Waals surface area contributed by atoms with E-state index in [0.717, 1.165) is 38.3 Å². The van der Waals surface area contributed by atoms with Crippen LogP contribution in [-0.4, -0.2) is 36.8 Å². The lowest BCUT2D eigenvalue weighted by Gasteiger charge is -2.42. The molecule has 1 aromatic carbocycles. The van der Waals surface area contributed by atoms with Gasteiger partial charge in [-0.1, -0.05) is 18.9 Å². The number of rotatable bonds is 6. The predicted molar refractivity (Wildman–Crippen MR) is 84.3 cm³/mol. The van der Waals surface area contributed by atoms with Crippen molar-refractivity contribution in [3.05, 3.63) is 29.6 Å². The van der Waals surface area contributed by atoms with Gasteiger partial charge >= 0.3 is 0 Å². The first kappa shape index (κ1) is 15.8. The van der Waals surface area contributed by atoms with Gasteiger partial charge in [-0.25, -0.2) is 4.39 Å². The molecule has 0 amide bonds. The Morgan fingerprint density at radius 2 is 2.23 bits per heavy atom. The molecule has 1 aliphatic heterocycles. The molecule has 4 heteroatoms. The quantitative estimate of drug-likeness (QED) is 0.876. The van der Waals surface area contributed by atoms with Crippen LogP contribution in [0.25, 0.3) is 0 Å².